The van der Waals surface area contributed by atoms with Crippen molar-refractivity contribution in [2.75, 3.05) is 18.1 Å². The number of aryl methyl sites for hydroxylation is 1. The van der Waals surface area contributed by atoms with Crippen molar-refractivity contribution in [3.63, 3.8) is 0 Å². The van der Waals surface area contributed by atoms with Crippen LogP contribution >= 0.6 is 0 Å². The van der Waals surface area contributed by atoms with Crippen molar-refractivity contribution in [1.29, 1.82) is 0 Å². The van der Waals surface area contributed by atoms with Gasteiger partial charge in [0.2, 0.25) is 17.6 Å². The van der Waals surface area contributed by atoms with Gasteiger partial charge in [-0.3, -0.25) is 4.79 Å². The molecule has 27 heavy (non-hydrogen) atoms. The number of carbonyl (C=O) groups excluding carboxylic acids is 1. The molecule has 0 aliphatic carbocycles. The molecule has 0 radical (unpaired) electrons. The van der Waals surface area contributed by atoms with Crippen molar-refractivity contribution in [2.45, 2.75) is 26.2 Å². The van der Waals surface area contributed by atoms with Gasteiger partial charge in [-0.25, -0.2) is 0 Å². The minimum atomic E-state index is -0.127. The highest BCUT2D eigenvalue weighted by Crippen LogP contribution is 2.36. The normalized spacial score (nSPS) is 16.7. The third-order valence-electron chi connectivity index (χ3n) is 4.65. The molecule has 6 heteroatoms. The smallest absolute Gasteiger partial charge is 0.232 e. The maximum Gasteiger partial charge on any atom is 0.232 e. The molecule has 6 nitrogen and oxygen atoms in total. The lowest BCUT2D eigenvalue weighted by Crippen LogP contribution is -2.25. The highest BCUT2D eigenvalue weighted by Gasteiger charge is 2.36. The van der Waals surface area contributed by atoms with Crippen molar-refractivity contribution in [2.24, 2.45) is 0 Å². The molecule has 1 aliphatic rings. The Bertz CT molecular complexity index is 967. The van der Waals surface area contributed by atoms with E-state index in [2.05, 4.69) is 10.1 Å². The van der Waals surface area contributed by atoms with Crippen LogP contribution in [0.2, 0.25) is 0 Å². The van der Waals surface area contributed by atoms with Crippen molar-refractivity contribution in [3.05, 3.63) is 60.0 Å². The Kier molecular flexibility index (Phi) is 4.62. The summed E-state index contributed by atoms with van der Waals surface area (Å²) in [6.07, 6.45) is 0.343. The average molecular weight is 363 g/mol. The van der Waals surface area contributed by atoms with Gasteiger partial charge in [-0.2, -0.15) is 4.98 Å². The van der Waals surface area contributed by atoms with E-state index in [0.717, 1.165) is 16.8 Å². The van der Waals surface area contributed by atoms with Crippen LogP contribution in [0, 0.1) is 6.92 Å². The number of anilines is 1. The lowest BCUT2D eigenvalue weighted by atomic mass is 10.1. The van der Waals surface area contributed by atoms with E-state index in [4.69, 9.17) is 9.26 Å². The number of rotatable bonds is 5. The van der Waals surface area contributed by atoms with Crippen molar-refractivity contribution >= 4 is 11.6 Å². The van der Waals surface area contributed by atoms with E-state index in [1.165, 1.54) is 0 Å². The molecule has 1 atom stereocenters. The first-order valence-corrected chi connectivity index (χ1v) is 9.08. The average Bonchev–Trinajstić information content (AvgIpc) is 3.29. The number of carbonyl (C=O) groups is 1. The lowest BCUT2D eigenvalue weighted by Gasteiger charge is -2.19. The minimum absolute atomic E-state index is 0.0301. The Balaban J connectivity index is 1.57. The summed E-state index contributed by atoms with van der Waals surface area (Å²) in [5.41, 5.74) is 2.83. The van der Waals surface area contributed by atoms with Gasteiger partial charge in [0.25, 0.3) is 0 Å². The van der Waals surface area contributed by atoms with Crippen LogP contribution < -0.4 is 9.64 Å². The first-order chi connectivity index (χ1) is 13.2. The van der Waals surface area contributed by atoms with E-state index >= 15 is 0 Å². The molecule has 1 aliphatic heterocycles. The van der Waals surface area contributed by atoms with Crippen LogP contribution in [-0.4, -0.2) is 29.2 Å². The van der Waals surface area contributed by atoms with E-state index < -0.39 is 0 Å². The summed E-state index contributed by atoms with van der Waals surface area (Å²) in [4.78, 5) is 18.9. The summed E-state index contributed by atoms with van der Waals surface area (Å²) in [7, 11) is 0. The van der Waals surface area contributed by atoms with E-state index in [9.17, 15) is 4.79 Å². The molecule has 2 aromatic carbocycles. The Morgan fingerprint density at radius 1 is 1.22 bits per heavy atom. The molecule has 1 aromatic heterocycles. The van der Waals surface area contributed by atoms with Gasteiger partial charge in [0.15, 0.2) is 0 Å². The van der Waals surface area contributed by atoms with Crippen LogP contribution in [-0.2, 0) is 4.79 Å². The predicted octanol–water partition coefficient (Wildman–Crippen LogP) is 3.96. The Morgan fingerprint density at radius 2 is 2.07 bits per heavy atom. The van der Waals surface area contributed by atoms with Crippen LogP contribution in [0.1, 0.15) is 30.7 Å². The van der Waals surface area contributed by atoms with Crippen LogP contribution in [0.4, 0.5) is 5.69 Å². The molecule has 0 bridgehead atoms. The first-order valence-electron chi connectivity index (χ1n) is 9.08. The van der Waals surface area contributed by atoms with Gasteiger partial charge >= 0.3 is 0 Å². The Labute approximate surface area is 157 Å². The molecular weight excluding hydrogens is 342 g/mol. The third-order valence-corrected chi connectivity index (χ3v) is 4.65. The quantitative estimate of drug-likeness (QED) is 0.686. The van der Waals surface area contributed by atoms with E-state index in [1.54, 1.807) is 4.90 Å². The first kappa shape index (κ1) is 17.3. The number of aromatic nitrogens is 2. The zero-order chi connectivity index (χ0) is 18.8. The fraction of sp³-hybridized carbons (Fsp3) is 0.286. The number of para-hydroxylation sites is 2. The Morgan fingerprint density at radius 3 is 2.89 bits per heavy atom. The van der Waals surface area contributed by atoms with Gasteiger partial charge < -0.3 is 14.2 Å². The van der Waals surface area contributed by atoms with Gasteiger partial charge in [0.1, 0.15) is 5.75 Å². The van der Waals surface area contributed by atoms with Crippen LogP contribution in [0.25, 0.3) is 11.4 Å². The summed E-state index contributed by atoms with van der Waals surface area (Å²) in [5.74, 6) is 1.66. The standard InChI is InChI=1S/C21H21N3O3/c1-3-26-18-10-5-4-9-17(18)24-13-16(12-19(24)25)21-22-20(23-27-21)15-8-6-7-14(2)11-15/h4-11,16H,3,12-13H2,1-2H3. The van der Waals surface area contributed by atoms with Gasteiger partial charge in [-0.15, -0.1) is 0 Å². The summed E-state index contributed by atoms with van der Waals surface area (Å²) in [6.45, 7) is 4.99. The molecule has 0 saturated carbocycles. The summed E-state index contributed by atoms with van der Waals surface area (Å²) >= 11 is 0. The molecule has 3 aromatic rings. The topological polar surface area (TPSA) is 68.5 Å². The molecule has 1 saturated heterocycles. The molecule has 1 unspecified atom stereocenters. The number of hydrogen-bond acceptors (Lipinski definition) is 5. The number of ether oxygens (including phenoxy) is 1. The predicted molar refractivity (Wildman–Crippen MR) is 102 cm³/mol. The highest BCUT2D eigenvalue weighted by molar-refractivity contribution is 5.97. The molecule has 4 rings (SSSR count). The largest absolute Gasteiger partial charge is 0.492 e. The number of amides is 1. The molecule has 0 N–H and O–H groups in total. The zero-order valence-corrected chi connectivity index (χ0v) is 15.4. The third kappa shape index (κ3) is 3.43. The van der Waals surface area contributed by atoms with E-state index in [0.29, 0.717) is 37.0 Å². The second-order valence-electron chi connectivity index (χ2n) is 6.63. The zero-order valence-electron chi connectivity index (χ0n) is 15.4. The maximum atomic E-state index is 12.6. The van der Waals surface area contributed by atoms with Crippen molar-refractivity contribution in [3.8, 4) is 17.1 Å². The second kappa shape index (κ2) is 7.23. The van der Waals surface area contributed by atoms with Gasteiger partial charge in [-0.1, -0.05) is 41.1 Å². The molecule has 138 valence electrons. The summed E-state index contributed by atoms with van der Waals surface area (Å²) < 4.78 is 11.1. The maximum absolute atomic E-state index is 12.6. The van der Waals surface area contributed by atoms with Gasteiger partial charge in [0.05, 0.1) is 18.2 Å². The summed E-state index contributed by atoms with van der Waals surface area (Å²) in [6, 6.07) is 15.5. The number of benzene rings is 2. The van der Waals surface area contributed by atoms with E-state index in [-0.39, 0.29) is 11.8 Å². The van der Waals surface area contributed by atoms with Gasteiger partial charge in [0, 0.05) is 18.5 Å². The SMILES string of the molecule is CCOc1ccccc1N1CC(c2nc(-c3cccc(C)c3)no2)CC1=O. The van der Waals surface area contributed by atoms with Crippen molar-refractivity contribution < 1.29 is 14.1 Å². The fourth-order valence-electron chi connectivity index (χ4n) is 3.37. The molecule has 1 fully saturated rings. The monoisotopic (exact) mass is 363 g/mol. The molecule has 0 spiro atoms. The van der Waals surface area contributed by atoms with Crippen LogP contribution in [0.5, 0.6) is 5.75 Å². The van der Waals surface area contributed by atoms with Crippen molar-refractivity contribution in [1.82, 2.24) is 10.1 Å². The molecule has 1 amide bonds. The lowest BCUT2D eigenvalue weighted by molar-refractivity contribution is -0.117. The van der Waals surface area contributed by atoms with Gasteiger partial charge in [-0.05, 0) is 32.0 Å². The van der Waals surface area contributed by atoms with E-state index in [1.807, 2.05) is 62.4 Å². The molecule has 2 heterocycles. The van der Waals surface area contributed by atoms with Crippen LogP contribution in [0.15, 0.2) is 53.1 Å². The number of hydrogen-bond donors (Lipinski definition) is 0. The Hall–Kier alpha value is -3.15. The van der Waals surface area contributed by atoms with Crippen LogP contribution in [0.3, 0.4) is 0 Å². The summed E-state index contributed by atoms with van der Waals surface area (Å²) in [5, 5.41) is 4.10. The highest BCUT2D eigenvalue weighted by atomic mass is 16.5. The fourth-order valence-corrected chi connectivity index (χ4v) is 3.37. The second-order valence-corrected chi connectivity index (χ2v) is 6.63. The minimum Gasteiger partial charge on any atom is -0.492 e. The molecular formula is C21H21N3O3. The number of nitrogens with zero attached hydrogens (tertiary/aromatic N) is 3.